The van der Waals surface area contributed by atoms with Gasteiger partial charge < -0.3 is 20.3 Å². The summed E-state index contributed by atoms with van der Waals surface area (Å²) in [6, 6.07) is 17.6. The van der Waals surface area contributed by atoms with Gasteiger partial charge in [-0.05, 0) is 37.0 Å². The molecule has 3 aliphatic heterocycles. The van der Waals surface area contributed by atoms with Crippen molar-refractivity contribution in [2.45, 2.75) is 49.8 Å². The number of likely N-dealkylation sites (tertiary alicyclic amines) is 1. The molecule has 2 N–H and O–H groups in total. The number of ether oxygens (including phenoxy) is 1. The van der Waals surface area contributed by atoms with E-state index in [-0.39, 0.29) is 23.3 Å². The Hall–Kier alpha value is -2.86. The zero-order valence-electron chi connectivity index (χ0n) is 17.9. The molecule has 2 aromatic carbocycles. The number of carbonyl (C=O) groups is 2. The van der Waals surface area contributed by atoms with Gasteiger partial charge in [0.1, 0.15) is 5.66 Å². The number of para-hydroxylation sites is 1. The van der Waals surface area contributed by atoms with E-state index in [0.29, 0.717) is 31.7 Å². The number of carbonyl (C=O) groups excluding carboxylic acids is 2. The van der Waals surface area contributed by atoms with Crippen LogP contribution in [0.25, 0.3) is 0 Å². The normalized spacial score (nSPS) is 25.1. The molecule has 0 aromatic heterocycles. The quantitative estimate of drug-likeness (QED) is 0.799. The van der Waals surface area contributed by atoms with Crippen LogP contribution in [0.5, 0.6) is 0 Å². The lowest BCUT2D eigenvalue weighted by Crippen LogP contribution is -2.59. The second-order valence-electron chi connectivity index (χ2n) is 9.05. The van der Waals surface area contributed by atoms with Crippen LogP contribution in [0.1, 0.15) is 54.4 Å². The number of amides is 2. The van der Waals surface area contributed by atoms with Gasteiger partial charge in [0.25, 0.3) is 5.91 Å². The molecule has 5 rings (SSSR count). The van der Waals surface area contributed by atoms with Crippen molar-refractivity contribution in [1.82, 2.24) is 10.2 Å². The summed E-state index contributed by atoms with van der Waals surface area (Å²) >= 11 is 0. The molecule has 162 valence electrons. The lowest BCUT2D eigenvalue weighted by atomic mass is 9.83. The van der Waals surface area contributed by atoms with Gasteiger partial charge in [0.15, 0.2) is 0 Å². The number of rotatable bonds is 3. The molecule has 2 spiro atoms. The third-order valence-corrected chi connectivity index (χ3v) is 7.04. The van der Waals surface area contributed by atoms with Gasteiger partial charge in [0, 0.05) is 25.2 Å². The number of anilines is 1. The summed E-state index contributed by atoms with van der Waals surface area (Å²) in [5.74, 6) is 0.0485. The van der Waals surface area contributed by atoms with E-state index in [1.54, 1.807) is 0 Å². The highest BCUT2D eigenvalue weighted by Gasteiger charge is 2.53. The molecule has 0 bridgehead atoms. The van der Waals surface area contributed by atoms with Crippen LogP contribution < -0.4 is 10.6 Å². The first-order chi connectivity index (χ1) is 15.0. The number of hydrogen-bond acceptors (Lipinski definition) is 4. The smallest absolute Gasteiger partial charge is 0.255 e. The first-order valence-corrected chi connectivity index (χ1v) is 11.2. The Labute approximate surface area is 183 Å². The number of hydrogen-bond donors (Lipinski definition) is 2. The van der Waals surface area contributed by atoms with Crippen molar-refractivity contribution in [1.29, 1.82) is 0 Å². The van der Waals surface area contributed by atoms with Gasteiger partial charge in [0.2, 0.25) is 5.91 Å². The van der Waals surface area contributed by atoms with E-state index in [4.69, 9.17) is 4.74 Å². The molecule has 6 heteroatoms. The molecular weight excluding hydrogens is 390 g/mol. The molecule has 2 saturated heterocycles. The van der Waals surface area contributed by atoms with E-state index >= 15 is 0 Å². The lowest BCUT2D eigenvalue weighted by molar-refractivity contribution is -0.137. The van der Waals surface area contributed by atoms with Gasteiger partial charge in [0.05, 0.1) is 23.7 Å². The Bertz CT molecular complexity index is 985. The van der Waals surface area contributed by atoms with Gasteiger partial charge in [-0.3, -0.25) is 9.59 Å². The van der Waals surface area contributed by atoms with Crippen LogP contribution in [0.15, 0.2) is 54.6 Å². The van der Waals surface area contributed by atoms with Gasteiger partial charge in [-0.1, -0.05) is 49.4 Å². The van der Waals surface area contributed by atoms with Crippen molar-refractivity contribution < 1.29 is 14.3 Å². The predicted octanol–water partition coefficient (Wildman–Crippen LogP) is 3.51. The topological polar surface area (TPSA) is 70.7 Å². The molecule has 6 nitrogen and oxygen atoms in total. The summed E-state index contributed by atoms with van der Waals surface area (Å²) in [7, 11) is 0. The Balaban J connectivity index is 1.26. The van der Waals surface area contributed by atoms with Crippen LogP contribution in [0.3, 0.4) is 0 Å². The fraction of sp³-hybridized carbons (Fsp3) is 0.440. The molecular formula is C25H29N3O3. The zero-order valence-corrected chi connectivity index (χ0v) is 17.9. The first-order valence-electron chi connectivity index (χ1n) is 11.2. The molecule has 3 aliphatic rings. The highest BCUT2D eigenvalue weighted by atomic mass is 16.5. The molecule has 31 heavy (non-hydrogen) atoms. The number of piperidine rings is 1. The largest absolute Gasteiger partial charge is 0.370 e. The summed E-state index contributed by atoms with van der Waals surface area (Å²) in [6.07, 6.45) is 3.06. The van der Waals surface area contributed by atoms with Crippen molar-refractivity contribution in [3.63, 3.8) is 0 Å². The van der Waals surface area contributed by atoms with Crippen molar-refractivity contribution in [3.8, 4) is 0 Å². The van der Waals surface area contributed by atoms with E-state index in [0.717, 1.165) is 30.5 Å². The molecule has 2 atom stereocenters. The highest BCUT2D eigenvalue weighted by Crippen LogP contribution is 2.43. The third kappa shape index (κ3) is 3.59. The number of nitrogens with zero attached hydrogens (tertiary/aromatic N) is 1. The first kappa shape index (κ1) is 20.1. The van der Waals surface area contributed by atoms with Crippen molar-refractivity contribution in [2.75, 3.05) is 25.0 Å². The monoisotopic (exact) mass is 419 g/mol. The molecule has 0 radical (unpaired) electrons. The van der Waals surface area contributed by atoms with Crippen molar-refractivity contribution in [2.24, 2.45) is 0 Å². The van der Waals surface area contributed by atoms with Gasteiger partial charge in [-0.25, -0.2) is 0 Å². The van der Waals surface area contributed by atoms with Crippen LogP contribution in [0.4, 0.5) is 5.69 Å². The maximum atomic E-state index is 13.2. The van der Waals surface area contributed by atoms with E-state index < -0.39 is 5.66 Å². The second-order valence-corrected chi connectivity index (χ2v) is 9.05. The van der Waals surface area contributed by atoms with Gasteiger partial charge in [-0.2, -0.15) is 0 Å². The van der Waals surface area contributed by atoms with Crippen LogP contribution in [-0.2, 0) is 9.53 Å². The molecule has 2 aromatic rings. The van der Waals surface area contributed by atoms with Crippen molar-refractivity contribution in [3.05, 3.63) is 65.7 Å². The van der Waals surface area contributed by atoms with Gasteiger partial charge >= 0.3 is 0 Å². The van der Waals surface area contributed by atoms with E-state index in [2.05, 4.69) is 17.6 Å². The minimum atomic E-state index is -0.576. The minimum absolute atomic E-state index is 0.0590. The maximum absolute atomic E-state index is 13.2. The third-order valence-electron chi connectivity index (χ3n) is 7.04. The maximum Gasteiger partial charge on any atom is 0.255 e. The number of fused-ring (bicyclic) bond motifs is 1. The zero-order chi connectivity index (χ0) is 21.5. The highest BCUT2D eigenvalue weighted by molar-refractivity contribution is 6.02. The van der Waals surface area contributed by atoms with Gasteiger partial charge in [-0.15, -0.1) is 0 Å². The van der Waals surface area contributed by atoms with Crippen LogP contribution in [-0.4, -0.2) is 47.7 Å². The SMILES string of the molecule is CCC(C(=O)N1CCC2(CC1)CC1(CO2)NC(=O)c2ccccc2N1)c1ccccc1. The Morgan fingerprint density at radius 3 is 2.52 bits per heavy atom. The van der Waals surface area contributed by atoms with Crippen molar-refractivity contribution >= 4 is 17.5 Å². The van der Waals surface area contributed by atoms with E-state index in [9.17, 15) is 9.59 Å². The van der Waals surface area contributed by atoms with Crippen LogP contribution in [0, 0.1) is 0 Å². The van der Waals surface area contributed by atoms with Crippen LogP contribution >= 0.6 is 0 Å². The predicted molar refractivity (Wildman–Crippen MR) is 119 cm³/mol. The minimum Gasteiger partial charge on any atom is -0.370 e. The number of benzene rings is 2. The summed E-state index contributed by atoms with van der Waals surface area (Å²) in [4.78, 5) is 27.9. The molecule has 0 saturated carbocycles. The van der Waals surface area contributed by atoms with E-state index in [1.165, 1.54) is 0 Å². The number of nitrogens with one attached hydrogen (secondary N) is 2. The molecule has 0 aliphatic carbocycles. The average molecular weight is 420 g/mol. The lowest BCUT2D eigenvalue weighted by Gasteiger charge is -2.41. The molecule has 2 amide bonds. The fourth-order valence-electron chi connectivity index (χ4n) is 5.37. The fourth-order valence-corrected chi connectivity index (χ4v) is 5.37. The van der Waals surface area contributed by atoms with E-state index in [1.807, 2.05) is 59.5 Å². The standard InChI is InChI=1S/C25H29N3O3/c1-2-19(18-8-4-3-5-9-18)23(30)28-14-12-24(13-15-28)16-25(17-31-24)26-21-11-7-6-10-20(21)22(29)27-25/h3-11,19,26H,2,12-17H2,1H3,(H,27,29). The molecule has 2 fully saturated rings. The summed E-state index contributed by atoms with van der Waals surface area (Å²) < 4.78 is 6.32. The summed E-state index contributed by atoms with van der Waals surface area (Å²) in [5, 5.41) is 6.67. The Morgan fingerprint density at radius 1 is 1.06 bits per heavy atom. The summed E-state index contributed by atoms with van der Waals surface area (Å²) in [6.45, 7) is 3.87. The Morgan fingerprint density at radius 2 is 1.77 bits per heavy atom. The second kappa shape index (κ2) is 7.68. The van der Waals surface area contributed by atoms with Crippen LogP contribution in [0.2, 0.25) is 0 Å². The average Bonchev–Trinajstić information content (AvgIpc) is 3.12. The molecule has 2 unspecified atom stereocenters. The molecule has 3 heterocycles. The Kier molecular flexibility index (Phi) is 4.97. The summed E-state index contributed by atoms with van der Waals surface area (Å²) in [5.41, 5.74) is 1.72.